The number of anilines is 1. The Morgan fingerprint density at radius 1 is 1.04 bits per heavy atom. The Kier molecular flexibility index (Phi) is 6.49. The first-order valence-electron chi connectivity index (χ1n) is 8.25. The highest BCUT2D eigenvalue weighted by Gasteiger charge is 2.15. The van der Waals surface area contributed by atoms with Crippen LogP contribution in [-0.4, -0.2) is 30.9 Å². The van der Waals surface area contributed by atoms with Crippen molar-refractivity contribution in [3.8, 4) is 0 Å². The summed E-state index contributed by atoms with van der Waals surface area (Å²) in [7, 11) is 1.30. The second kappa shape index (κ2) is 8.80. The number of aryl methyl sites for hydroxylation is 1. The van der Waals surface area contributed by atoms with E-state index in [-0.39, 0.29) is 24.3 Å². The maximum Gasteiger partial charge on any atom is 0.337 e. The van der Waals surface area contributed by atoms with Crippen LogP contribution in [0.15, 0.2) is 48.5 Å². The first-order chi connectivity index (χ1) is 12.4. The lowest BCUT2D eigenvalue weighted by Gasteiger charge is -2.15. The highest BCUT2D eigenvalue weighted by atomic mass is 16.5. The monoisotopic (exact) mass is 354 g/mol. The van der Waals surface area contributed by atoms with Crippen molar-refractivity contribution in [3.05, 3.63) is 65.2 Å². The summed E-state index contributed by atoms with van der Waals surface area (Å²) in [6.07, 6.45) is 0.112. The molecule has 0 saturated carbocycles. The lowest BCUT2D eigenvalue weighted by Crippen LogP contribution is -2.35. The summed E-state index contributed by atoms with van der Waals surface area (Å²) >= 11 is 0. The van der Waals surface area contributed by atoms with Gasteiger partial charge in [-0.25, -0.2) is 4.79 Å². The zero-order valence-electron chi connectivity index (χ0n) is 15.0. The first kappa shape index (κ1) is 19.2. The molecule has 2 N–H and O–H groups in total. The third-order valence-corrected chi connectivity index (χ3v) is 3.84. The summed E-state index contributed by atoms with van der Waals surface area (Å²) in [5.41, 5.74) is 2.27. The number of methoxy groups -OCH3 is 1. The van der Waals surface area contributed by atoms with Gasteiger partial charge in [0.05, 0.1) is 12.7 Å². The minimum atomic E-state index is -0.469. The lowest BCUT2D eigenvalue weighted by atomic mass is 10.1. The van der Waals surface area contributed by atoms with Crippen LogP contribution in [0.3, 0.4) is 0 Å². The fraction of sp³-hybridized carbons (Fsp3) is 0.250. The van der Waals surface area contributed by atoms with Crippen molar-refractivity contribution in [1.29, 1.82) is 0 Å². The molecular weight excluding hydrogens is 332 g/mol. The molecule has 2 rings (SSSR count). The summed E-state index contributed by atoms with van der Waals surface area (Å²) in [6, 6.07) is 13.4. The maximum atomic E-state index is 12.3. The molecule has 1 unspecified atom stereocenters. The Morgan fingerprint density at radius 3 is 2.38 bits per heavy atom. The summed E-state index contributed by atoms with van der Waals surface area (Å²) in [5, 5.41) is 5.57. The van der Waals surface area contributed by atoms with Gasteiger partial charge in [-0.3, -0.25) is 9.59 Å². The Labute approximate surface area is 152 Å². The Hall–Kier alpha value is -3.15. The minimum absolute atomic E-state index is 0.112. The van der Waals surface area contributed by atoms with E-state index in [2.05, 4.69) is 15.4 Å². The third kappa shape index (κ3) is 5.17. The van der Waals surface area contributed by atoms with Gasteiger partial charge < -0.3 is 15.4 Å². The zero-order valence-corrected chi connectivity index (χ0v) is 15.0. The molecule has 26 heavy (non-hydrogen) atoms. The van der Waals surface area contributed by atoms with Gasteiger partial charge >= 0.3 is 5.97 Å². The summed E-state index contributed by atoms with van der Waals surface area (Å²) in [4.78, 5) is 36.0. The Morgan fingerprint density at radius 2 is 1.73 bits per heavy atom. The average Bonchev–Trinajstić information content (AvgIpc) is 2.63. The van der Waals surface area contributed by atoms with E-state index in [1.54, 1.807) is 49.4 Å². The standard InChI is InChI=1S/C20H22N2O4/c1-13-9-10-16(20(25)26-3)12-17(13)22-18(23)11-14(2)21-19(24)15-7-5-4-6-8-15/h4-10,12,14H,11H2,1-3H3,(H,21,24)(H,22,23). The summed E-state index contributed by atoms with van der Waals surface area (Å²) in [6.45, 7) is 3.59. The lowest BCUT2D eigenvalue weighted by molar-refractivity contribution is -0.116. The van der Waals surface area contributed by atoms with Crippen LogP contribution in [0.25, 0.3) is 0 Å². The van der Waals surface area contributed by atoms with Crippen LogP contribution in [0.2, 0.25) is 0 Å². The van der Waals surface area contributed by atoms with E-state index in [1.807, 2.05) is 13.0 Å². The Bertz CT molecular complexity index is 803. The molecule has 0 saturated heterocycles. The molecule has 0 fully saturated rings. The normalized spacial score (nSPS) is 11.3. The van der Waals surface area contributed by atoms with Crippen molar-refractivity contribution in [2.75, 3.05) is 12.4 Å². The molecule has 0 radical (unpaired) electrons. The Balaban J connectivity index is 1.96. The molecule has 0 bridgehead atoms. The fourth-order valence-corrected chi connectivity index (χ4v) is 2.43. The number of carbonyl (C=O) groups is 3. The van der Waals surface area contributed by atoms with Gasteiger partial charge in [-0.2, -0.15) is 0 Å². The topological polar surface area (TPSA) is 84.5 Å². The maximum absolute atomic E-state index is 12.3. The SMILES string of the molecule is COC(=O)c1ccc(C)c(NC(=O)CC(C)NC(=O)c2ccccc2)c1. The van der Waals surface area contributed by atoms with Crippen LogP contribution >= 0.6 is 0 Å². The highest BCUT2D eigenvalue weighted by molar-refractivity contribution is 5.97. The number of nitrogens with one attached hydrogen (secondary N) is 2. The molecule has 0 aliphatic heterocycles. The van der Waals surface area contributed by atoms with Crippen LogP contribution in [0.5, 0.6) is 0 Å². The molecule has 6 heteroatoms. The molecule has 0 aromatic heterocycles. The van der Waals surface area contributed by atoms with Gasteiger partial charge in [0.1, 0.15) is 0 Å². The molecule has 2 amide bonds. The quantitative estimate of drug-likeness (QED) is 0.781. The van der Waals surface area contributed by atoms with Crippen LogP contribution in [-0.2, 0) is 9.53 Å². The molecular formula is C20H22N2O4. The minimum Gasteiger partial charge on any atom is -0.465 e. The summed E-state index contributed by atoms with van der Waals surface area (Å²) < 4.78 is 4.69. The number of ether oxygens (including phenoxy) is 1. The largest absolute Gasteiger partial charge is 0.465 e. The average molecular weight is 354 g/mol. The van der Waals surface area contributed by atoms with E-state index in [0.29, 0.717) is 16.8 Å². The molecule has 0 aliphatic carbocycles. The predicted octanol–water partition coefficient (Wildman–Crippen LogP) is 2.93. The third-order valence-electron chi connectivity index (χ3n) is 3.84. The van der Waals surface area contributed by atoms with Crippen molar-refractivity contribution in [2.24, 2.45) is 0 Å². The van der Waals surface area contributed by atoms with Gasteiger partial charge in [0.2, 0.25) is 5.91 Å². The molecule has 6 nitrogen and oxygen atoms in total. The molecule has 1 atom stereocenters. The van der Waals surface area contributed by atoms with Gasteiger partial charge in [-0.05, 0) is 43.7 Å². The van der Waals surface area contributed by atoms with E-state index in [1.165, 1.54) is 7.11 Å². The van der Waals surface area contributed by atoms with Crippen LogP contribution in [0.1, 0.15) is 39.6 Å². The van der Waals surface area contributed by atoms with Crippen molar-refractivity contribution < 1.29 is 19.1 Å². The molecule has 0 heterocycles. The van der Waals surface area contributed by atoms with E-state index in [4.69, 9.17) is 0 Å². The van der Waals surface area contributed by atoms with E-state index >= 15 is 0 Å². The van der Waals surface area contributed by atoms with E-state index < -0.39 is 5.97 Å². The van der Waals surface area contributed by atoms with E-state index in [9.17, 15) is 14.4 Å². The van der Waals surface area contributed by atoms with Gasteiger partial charge in [0.25, 0.3) is 5.91 Å². The molecule has 0 aliphatic rings. The number of benzene rings is 2. The number of hydrogen-bond donors (Lipinski definition) is 2. The second-order valence-electron chi connectivity index (χ2n) is 6.01. The van der Waals surface area contributed by atoms with Crippen molar-refractivity contribution in [1.82, 2.24) is 5.32 Å². The number of esters is 1. The van der Waals surface area contributed by atoms with E-state index in [0.717, 1.165) is 5.56 Å². The molecule has 0 spiro atoms. The van der Waals surface area contributed by atoms with Crippen molar-refractivity contribution in [3.63, 3.8) is 0 Å². The number of amides is 2. The number of carbonyl (C=O) groups excluding carboxylic acids is 3. The van der Waals surface area contributed by atoms with Crippen molar-refractivity contribution >= 4 is 23.5 Å². The predicted molar refractivity (Wildman–Crippen MR) is 99.1 cm³/mol. The first-order valence-corrected chi connectivity index (χ1v) is 8.25. The van der Waals surface area contributed by atoms with Gasteiger partial charge in [-0.15, -0.1) is 0 Å². The van der Waals surface area contributed by atoms with Crippen LogP contribution in [0, 0.1) is 6.92 Å². The molecule has 2 aromatic carbocycles. The van der Waals surface area contributed by atoms with Crippen LogP contribution < -0.4 is 10.6 Å². The fourth-order valence-electron chi connectivity index (χ4n) is 2.43. The van der Waals surface area contributed by atoms with Gasteiger partial charge in [0.15, 0.2) is 0 Å². The van der Waals surface area contributed by atoms with Crippen LogP contribution in [0.4, 0.5) is 5.69 Å². The number of rotatable bonds is 6. The van der Waals surface area contributed by atoms with Crippen molar-refractivity contribution in [2.45, 2.75) is 26.3 Å². The van der Waals surface area contributed by atoms with Gasteiger partial charge in [0, 0.05) is 23.7 Å². The number of hydrogen-bond acceptors (Lipinski definition) is 4. The second-order valence-corrected chi connectivity index (χ2v) is 6.01. The highest BCUT2D eigenvalue weighted by Crippen LogP contribution is 2.18. The summed E-state index contributed by atoms with van der Waals surface area (Å²) in [5.74, 6) is -0.949. The smallest absolute Gasteiger partial charge is 0.337 e. The van der Waals surface area contributed by atoms with Gasteiger partial charge in [-0.1, -0.05) is 24.3 Å². The zero-order chi connectivity index (χ0) is 19.1. The molecule has 136 valence electrons. The molecule has 2 aromatic rings.